The minimum Gasteiger partial charge on any atom is -0.325 e. The molecule has 0 atom stereocenters. The Hall–Kier alpha value is -2.01. The third-order valence-corrected chi connectivity index (χ3v) is 7.87. The van der Waals surface area contributed by atoms with Gasteiger partial charge < -0.3 is 10.2 Å². The summed E-state index contributed by atoms with van der Waals surface area (Å²) in [6, 6.07) is 20.6. The fraction of sp³-hybridized carbons (Fsp3) is 0.227. The Bertz CT molecular complexity index is 1170. The number of halogens is 1. The van der Waals surface area contributed by atoms with E-state index >= 15 is 0 Å². The summed E-state index contributed by atoms with van der Waals surface area (Å²) in [7, 11) is -3.54. The SMILES string of the molecule is O=C(C[NH+]1CCN(S(=O)(=O)c2ccc3ccccc3c2)CC1)Nc1cccc(I)c1. The highest BCUT2D eigenvalue weighted by molar-refractivity contribution is 14.1. The molecule has 156 valence electrons. The van der Waals surface area contributed by atoms with Gasteiger partial charge in [0.05, 0.1) is 31.1 Å². The second-order valence-electron chi connectivity index (χ2n) is 7.40. The topological polar surface area (TPSA) is 70.9 Å². The van der Waals surface area contributed by atoms with Crippen LogP contribution < -0.4 is 10.2 Å². The molecule has 6 nitrogen and oxygen atoms in total. The van der Waals surface area contributed by atoms with Crippen molar-refractivity contribution in [1.82, 2.24) is 4.31 Å². The van der Waals surface area contributed by atoms with Crippen molar-refractivity contribution in [2.45, 2.75) is 4.90 Å². The molecule has 30 heavy (non-hydrogen) atoms. The van der Waals surface area contributed by atoms with E-state index in [-0.39, 0.29) is 5.91 Å². The third kappa shape index (κ3) is 4.83. The van der Waals surface area contributed by atoms with Gasteiger partial charge in [0.25, 0.3) is 5.91 Å². The van der Waals surface area contributed by atoms with Crippen molar-refractivity contribution in [3.05, 3.63) is 70.3 Å². The lowest BCUT2D eigenvalue weighted by Crippen LogP contribution is -3.15. The number of rotatable bonds is 5. The van der Waals surface area contributed by atoms with Crippen molar-refractivity contribution in [1.29, 1.82) is 0 Å². The smallest absolute Gasteiger partial charge is 0.279 e. The van der Waals surface area contributed by atoms with E-state index in [1.807, 2.05) is 54.6 Å². The maximum atomic E-state index is 13.1. The van der Waals surface area contributed by atoms with Crippen LogP contribution in [0.25, 0.3) is 10.8 Å². The van der Waals surface area contributed by atoms with Crippen LogP contribution in [0.15, 0.2) is 71.6 Å². The molecule has 3 aromatic rings. The number of sulfonamides is 1. The minimum atomic E-state index is -3.54. The van der Waals surface area contributed by atoms with Crippen molar-refractivity contribution in [3.63, 3.8) is 0 Å². The van der Waals surface area contributed by atoms with E-state index in [9.17, 15) is 13.2 Å². The largest absolute Gasteiger partial charge is 0.325 e. The molecule has 1 aliphatic heterocycles. The number of nitrogens with zero attached hydrogens (tertiary/aromatic N) is 1. The molecule has 1 fully saturated rings. The van der Waals surface area contributed by atoms with Crippen molar-refractivity contribution in [2.24, 2.45) is 0 Å². The molecular formula is C22H23IN3O3S+. The van der Waals surface area contributed by atoms with Crippen molar-refractivity contribution >= 4 is 55.0 Å². The van der Waals surface area contributed by atoms with E-state index in [4.69, 9.17) is 0 Å². The van der Waals surface area contributed by atoms with Crippen LogP contribution in [0.2, 0.25) is 0 Å². The molecule has 1 heterocycles. The molecule has 2 N–H and O–H groups in total. The predicted octanol–water partition coefficient (Wildman–Crippen LogP) is 1.97. The van der Waals surface area contributed by atoms with Gasteiger partial charge in [0, 0.05) is 9.26 Å². The van der Waals surface area contributed by atoms with Gasteiger partial charge in [-0.25, -0.2) is 8.42 Å². The highest BCUT2D eigenvalue weighted by atomic mass is 127. The Kier molecular flexibility index (Phi) is 6.37. The molecule has 0 radical (unpaired) electrons. The fourth-order valence-electron chi connectivity index (χ4n) is 3.69. The first kappa shape index (κ1) is 21.2. The van der Waals surface area contributed by atoms with E-state index in [0.29, 0.717) is 37.6 Å². The van der Waals surface area contributed by atoms with Gasteiger partial charge in [0.15, 0.2) is 6.54 Å². The van der Waals surface area contributed by atoms with Gasteiger partial charge in [-0.1, -0.05) is 36.4 Å². The number of anilines is 1. The van der Waals surface area contributed by atoms with Crippen LogP contribution in [0.5, 0.6) is 0 Å². The number of carbonyl (C=O) groups excluding carboxylic acids is 1. The maximum Gasteiger partial charge on any atom is 0.279 e. The van der Waals surface area contributed by atoms with E-state index < -0.39 is 10.0 Å². The average molecular weight is 536 g/mol. The first-order chi connectivity index (χ1) is 14.4. The highest BCUT2D eigenvalue weighted by Gasteiger charge is 2.31. The number of carbonyl (C=O) groups is 1. The standard InChI is InChI=1S/C22H22IN3O3S/c23-19-6-3-7-20(15-19)24-22(27)16-25-10-12-26(13-11-25)30(28,29)21-9-8-17-4-1-2-5-18(17)14-21/h1-9,14-15H,10-13,16H2,(H,24,27)/p+1. The summed E-state index contributed by atoms with van der Waals surface area (Å²) < 4.78 is 28.7. The van der Waals surface area contributed by atoms with Crippen LogP contribution in [-0.4, -0.2) is 51.4 Å². The van der Waals surface area contributed by atoms with E-state index in [1.54, 1.807) is 12.1 Å². The Morgan fingerprint density at radius 2 is 1.70 bits per heavy atom. The second kappa shape index (κ2) is 9.01. The van der Waals surface area contributed by atoms with Gasteiger partial charge in [0.2, 0.25) is 10.0 Å². The maximum absolute atomic E-state index is 13.1. The van der Waals surface area contributed by atoms with Gasteiger partial charge >= 0.3 is 0 Å². The Morgan fingerprint density at radius 1 is 0.967 bits per heavy atom. The molecule has 1 saturated heterocycles. The van der Waals surface area contributed by atoms with Crippen molar-refractivity contribution < 1.29 is 18.1 Å². The van der Waals surface area contributed by atoms with Gasteiger partial charge in [-0.3, -0.25) is 4.79 Å². The summed E-state index contributed by atoms with van der Waals surface area (Å²) in [5.41, 5.74) is 0.781. The molecule has 4 rings (SSSR count). The van der Waals surface area contributed by atoms with Gasteiger partial charge in [0.1, 0.15) is 0 Å². The van der Waals surface area contributed by atoms with Gasteiger partial charge in [-0.05, 0) is 63.7 Å². The molecule has 0 unspecified atom stereocenters. The van der Waals surface area contributed by atoms with E-state index in [0.717, 1.165) is 24.9 Å². The minimum absolute atomic E-state index is 0.0576. The fourth-order valence-corrected chi connectivity index (χ4v) is 5.72. The Balaban J connectivity index is 1.36. The molecule has 3 aromatic carbocycles. The average Bonchev–Trinajstić information content (AvgIpc) is 2.73. The van der Waals surface area contributed by atoms with Crippen LogP contribution in [0.1, 0.15) is 0 Å². The molecule has 0 aromatic heterocycles. The summed E-state index contributed by atoms with van der Waals surface area (Å²) in [5, 5.41) is 4.85. The van der Waals surface area contributed by atoms with Crippen molar-refractivity contribution in [3.8, 4) is 0 Å². The summed E-state index contributed by atoms with van der Waals surface area (Å²) in [5.74, 6) is -0.0576. The lowest BCUT2D eigenvalue weighted by Gasteiger charge is -2.31. The van der Waals surface area contributed by atoms with Crippen LogP contribution in [0, 0.1) is 3.57 Å². The molecule has 1 aliphatic rings. The number of amides is 1. The first-order valence-corrected chi connectivity index (χ1v) is 12.3. The quantitative estimate of drug-likeness (QED) is 0.491. The highest BCUT2D eigenvalue weighted by Crippen LogP contribution is 2.22. The molecule has 0 saturated carbocycles. The second-order valence-corrected chi connectivity index (χ2v) is 10.6. The van der Waals surface area contributed by atoms with Crippen molar-refractivity contribution in [2.75, 3.05) is 38.0 Å². The Labute approximate surface area is 190 Å². The lowest BCUT2D eigenvalue weighted by atomic mass is 10.1. The monoisotopic (exact) mass is 536 g/mol. The predicted molar refractivity (Wildman–Crippen MR) is 126 cm³/mol. The number of quaternary nitrogens is 1. The molecule has 0 aliphatic carbocycles. The molecular weight excluding hydrogens is 513 g/mol. The summed E-state index contributed by atoms with van der Waals surface area (Å²) in [6.45, 7) is 2.34. The summed E-state index contributed by atoms with van der Waals surface area (Å²) >= 11 is 2.21. The first-order valence-electron chi connectivity index (χ1n) is 9.80. The lowest BCUT2D eigenvalue weighted by molar-refractivity contribution is -0.895. The third-order valence-electron chi connectivity index (χ3n) is 5.31. The van der Waals surface area contributed by atoms with E-state index in [1.165, 1.54) is 4.31 Å². The summed E-state index contributed by atoms with van der Waals surface area (Å²) in [4.78, 5) is 13.8. The number of piperazine rings is 1. The van der Waals surface area contributed by atoms with Gasteiger partial charge in [-0.15, -0.1) is 0 Å². The molecule has 1 amide bonds. The summed E-state index contributed by atoms with van der Waals surface area (Å²) in [6.07, 6.45) is 0. The zero-order valence-corrected chi connectivity index (χ0v) is 19.3. The number of fused-ring (bicyclic) bond motifs is 1. The van der Waals surface area contributed by atoms with E-state index in [2.05, 4.69) is 27.9 Å². The van der Waals surface area contributed by atoms with Crippen LogP contribution in [0.4, 0.5) is 5.69 Å². The zero-order valence-electron chi connectivity index (χ0n) is 16.3. The van der Waals surface area contributed by atoms with Gasteiger partial charge in [-0.2, -0.15) is 4.31 Å². The zero-order chi connectivity index (χ0) is 21.1. The molecule has 0 spiro atoms. The Morgan fingerprint density at radius 3 is 2.43 bits per heavy atom. The number of hydrogen-bond donors (Lipinski definition) is 2. The number of nitrogens with one attached hydrogen (secondary N) is 2. The van der Waals surface area contributed by atoms with Crippen LogP contribution in [-0.2, 0) is 14.8 Å². The molecule has 8 heteroatoms. The number of hydrogen-bond acceptors (Lipinski definition) is 3. The number of benzene rings is 3. The van der Waals surface area contributed by atoms with Crippen LogP contribution >= 0.6 is 22.6 Å². The molecule has 0 bridgehead atoms. The van der Waals surface area contributed by atoms with Crippen LogP contribution in [0.3, 0.4) is 0 Å². The normalized spacial score (nSPS) is 15.9.